The highest BCUT2D eigenvalue weighted by Gasteiger charge is 2.41. The third-order valence-corrected chi connectivity index (χ3v) is 5.07. The fourth-order valence-corrected chi connectivity index (χ4v) is 3.71. The number of hydrogen-bond acceptors (Lipinski definition) is 5. The van der Waals surface area contributed by atoms with Crippen molar-refractivity contribution in [1.29, 1.82) is 0 Å². The van der Waals surface area contributed by atoms with E-state index in [2.05, 4.69) is 5.32 Å². The van der Waals surface area contributed by atoms with Crippen molar-refractivity contribution in [3.05, 3.63) is 0 Å². The van der Waals surface area contributed by atoms with Crippen molar-refractivity contribution in [2.45, 2.75) is 63.6 Å². The Bertz CT molecular complexity index is 637. The Morgan fingerprint density at radius 3 is 2.22 bits per heavy atom. The van der Waals surface area contributed by atoms with Crippen molar-refractivity contribution in [2.75, 3.05) is 13.1 Å². The van der Waals surface area contributed by atoms with Gasteiger partial charge in [0, 0.05) is 26.4 Å². The van der Waals surface area contributed by atoms with Crippen LogP contribution in [-0.2, 0) is 24.0 Å². The number of aliphatic carboxylic acids is 1. The molecule has 2 rings (SSSR count). The highest BCUT2D eigenvalue weighted by molar-refractivity contribution is 5.94. The van der Waals surface area contributed by atoms with Gasteiger partial charge >= 0.3 is 5.97 Å². The number of nitrogens with one attached hydrogen (secondary N) is 1. The maximum absolute atomic E-state index is 12.9. The van der Waals surface area contributed by atoms with Crippen LogP contribution in [0.5, 0.6) is 0 Å². The first-order valence-corrected chi connectivity index (χ1v) is 9.11. The van der Waals surface area contributed by atoms with E-state index in [1.165, 1.54) is 16.7 Å². The first-order valence-electron chi connectivity index (χ1n) is 9.11. The van der Waals surface area contributed by atoms with E-state index in [-0.39, 0.29) is 24.7 Å². The second kappa shape index (κ2) is 8.83. The van der Waals surface area contributed by atoms with Gasteiger partial charge in [0.15, 0.2) is 0 Å². The molecule has 0 aromatic heterocycles. The van der Waals surface area contributed by atoms with Crippen LogP contribution < -0.4 is 11.1 Å². The van der Waals surface area contributed by atoms with Crippen LogP contribution in [0.1, 0.15) is 45.4 Å². The van der Waals surface area contributed by atoms with Crippen molar-refractivity contribution < 1.29 is 29.1 Å². The lowest BCUT2D eigenvalue weighted by Gasteiger charge is -2.31. The number of carbonyl (C=O) groups excluding carboxylic acids is 4. The fourth-order valence-electron chi connectivity index (χ4n) is 3.71. The molecule has 27 heavy (non-hydrogen) atoms. The van der Waals surface area contributed by atoms with Crippen LogP contribution in [0.2, 0.25) is 0 Å². The smallest absolute Gasteiger partial charge is 0.326 e. The maximum atomic E-state index is 12.9. The minimum absolute atomic E-state index is 0.113. The number of carboxylic acid groups (broad SMARTS) is 1. The van der Waals surface area contributed by atoms with Crippen LogP contribution >= 0.6 is 0 Å². The molecule has 2 heterocycles. The average molecular weight is 382 g/mol. The van der Waals surface area contributed by atoms with Crippen LogP contribution in [0.3, 0.4) is 0 Å². The van der Waals surface area contributed by atoms with Gasteiger partial charge in [0.2, 0.25) is 23.6 Å². The Kier molecular flexibility index (Phi) is 6.75. The van der Waals surface area contributed by atoms with E-state index in [0.717, 1.165) is 6.42 Å². The van der Waals surface area contributed by atoms with E-state index in [0.29, 0.717) is 32.4 Å². The summed E-state index contributed by atoms with van der Waals surface area (Å²) >= 11 is 0. The molecule has 3 atom stereocenters. The summed E-state index contributed by atoms with van der Waals surface area (Å²) < 4.78 is 0. The van der Waals surface area contributed by atoms with Gasteiger partial charge in [-0.25, -0.2) is 4.79 Å². The van der Waals surface area contributed by atoms with Crippen molar-refractivity contribution in [3.63, 3.8) is 0 Å². The monoisotopic (exact) mass is 382 g/mol. The summed E-state index contributed by atoms with van der Waals surface area (Å²) in [7, 11) is 0. The second-order valence-corrected chi connectivity index (χ2v) is 6.96. The predicted molar refractivity (Wildman–Crippen MR) is 93.1 cm³/mol. The molecule has 10 heteroatoms. The summed E-state index contributed by atoms with van der Waals surface area (Å²) in [5.41, 5.74) is 5.03. The third-order valence-electron chi connectivity index (χ3n) is 5.07. The number of nitrogens with zero attached hydrogens (tertiary/aromatic N) is 2. The van der Waals surface area contributed by atoms with Gasteiger partial charge in [0.1, 0.15) is 18.1 Å². The third kappa shape index (κ3) is 4.95. The predicted octanol–water partition coefficient (Wildman–Crippen LogP) is -1.18. The zero-order chi connectivity index (χ0) is 20.1. The zero-order valence-electron chi connectivity index (χ0n) is 15.3. The number of carbonyl (C=O) groups is 5. The SMILES string of the molecule is CC(=O)N1CCC[C@H]1C(=O)N1CCC[C@H]1C(=O)N[C@@H](CCC(N)=O)C(=O)O. The van der Waals surface area contributed by atoms with E-state index in [1.807, 2.05) is 0 Å². The Balaban J connectivity index is 2.04. The molecule has 0 aromatic carbocycles. The van der Waals surface area contributed by atoms with E-state index < -0.39 is 35.9 Å². The van der Waals surface area contributed by atoms with Gasteiger partial charge < -0.3 is 26.0 Å². The highest BCUT2D eigenvalue weighted by atomic mass is 16.4. The van der Waals surface area contributed by atoms with Crippen LogP contribution in [0.4, 0.5) is 0 Å². The summed E-state index contributed by atoms with van der Waals surface area (Å²) in [6, 6.07) is -2.59. The Morgan fingerprint density at radius 1 is 1.07 bits per heavy atom. The normalized spacial score (nSPS) is 23.1. The van der Waals surface area contributed by atoms with Crippen LogP contribution in [0.25, 0.3) is 0 Å². The molecular weight excluding hydrogens is 356 g/mol. The Labute approximate surface area is 157 Å². The number of nitrogens with two attached hydrogens (primary N) is 1. The molecule has 0 aliphatic carbocycles. The van der Waals surface area contributed by atoms with Gasteiger partial charge in [0.05, 0.1) is 0 Å². The van der Waals surface area contributed by atoms with Crippen molar-refractivity contribution in [1.82, 2.24) is 15.1 Å². The molecule has 0 saturated carbocycles. The maximum Gasteiger partial charge on any atom is 0.326 e. The topological polar surface area (TPSA) is 150 Å². The number of carboxylic acids is 1. The van der Waals surface area contributed by atoms with Crippen LogP contribution in [0.15, 0.2) is 0 Å². The van der Waals surface area contributed by atoms with Gasteiger partial charge in [-0.2, -0.15) is 0 Å². The molecule has 4 N–H and O–H groups in total. The van der Waals surface area contributed by atoms with Gasteiger partial charge in [-0.3, -0.25) is 19.2 Å². The molecule has 2 fully saturated rings. The highest BCUT2D eigenvalue weighted by Crippen LogP contribution is 2.25. The zero-order valence-corrected chi connectivity index (χ0v) is 15.3. The quantitative estimate of drug-likeness (QED) is 0.504. The minimum atomic E-state index is -1.26. The second-order valence-electron chi connectivity index (χ2n) is 6.96. The number of likely N-dealkylation sites (tertiary alicyclic amines) is 2. The molecule has 2 aliphatic heterocycles. The number of hydrogen-bond donors (Lipinski definition) is 3. The first-order chi connectivity index (χ1) is 12.7. The molecule has 150 valence electrons. The lowest BCUT2D eigenvalue weighted by Crippen LogP contribution is -2.54. The summed E-state index contributed by atoms with van der Waals surface area (Å²) in [5, 5.41) is 11.6. The Morgan fingerprint density at radius 2 is 1.67 bits per heavy atom. The molecule has 0 unspecified atom stereocenters. The molecule has 2 saturated heterocycles. The number of primary amides is 1. The largest absolute Gasteiger partial charge is 0.480 e. The standard InChI is InChI=1S/C17H26N4O6/c1-10(22)20-8-3-5-13(20)16(25)21-9-2-4-12(21)15(24)19-11(17(26)27)6-7-14(18)23/h11-13H,2-9H2,1H3,(H2,18,23)(H,19,24)(H,26,27)/t11-,12-,13-/m0/s1. The molecule has 0 aromatic rings. The molecule has 10 nitrogen and oxygen atoms in total. The van der Waals surface area contributed by atoms with Gasteiger partial charge in [-0.1, -0.05) is 0 Å². The average Bonchev–Trinajstić information content (AvgIpc) is 3.26. The fraction of sp³-hybridized carbons (Fsp3) is 0.706. The van der Waals surface area contributed by atoms with E-state index in [9.17, 15) is 29.1 Å². The molecule has 0 bridgehead atoms. The van der Waals surface area contributed by atoms with E-state index in [1.54, 1.807) is 0 Å². The number of rotatable bonds is 7. The van der Waals surface area contributed by atoms with Crippen molar-refractivity contribution in [2.24, 2.45) is 5.73 Å². The van der Waals surface area contributed by atoms with Gasteiger partial charge in [0.25, 0.3) is 0 Å². The summed E-state index contributed by atoms with van der Waals surface area (Å²) in [5.74, 6) is -2.93. The van der Waals surface area contributed by atoms with Gasteiger partial charge in [-0.15, -0.1) is 0 Å². The van der Waals surface area contributed by atoms with Crippen molar-refractivity contribution in [3.8, 4) is 0 Å². The molecule has 0 radical (unpaired) electrons. The van der Waals surface area contributed by atoms with E-state index >= 15 is 0 Å². The molecule has 4 amide bonds. The molecule has 2 aliphatic rings. The number of amides is 4. The molecular formula is C17H26N4O6. The molecule has 0 spiro atoms. The minimum Gasteiger partial charge on any atom is -0.480 e. The summed E-state index contributed by atoms with van der Waals surface area (Å²) in [6.07, 6.45) is 2.05. The van der Waals surface area contributed by atoms with Crippen LogP contribution in [0, 0.1) is 0 Å². The van der Waals surface area contributed by atoms with Crippen molar-refractivity contribution >= 4 is 29.6 Å². The van der Waals surface area contributed by atoms with Gasteiger partial charge in [-0.05, 0) is 32.1 Å². The lowest BCUT2D eigenvalue weighted by molar-refractivity contribution is -0.147. The van der Waals surface area contributed by atoms with Crippen LogP contribution in [-0.4, -0.2) is 75.7 Å². The first kappa shape index (κ1) is 20.7. The summed E-state index contributed by atoms with van der Waals surface area (Å²) in [4.78, 5) is 62.3. The Hall–Kier alpha value is -2.65. The van der Waals surface area contributed by atoms with E-state index in [4.69, 9.17) is 5.73 Å². The lowest BCUT2D eigenvalue weighted by atomic mass is 10.1. The summed E-state index contributed by atoms with van der Waals surface area (Å²) in [6.45, 7) is 2.32.